The molecule has 0 spiro atoms. The molecule has 0 saturated carbocycles. The average Bonchev–Trinajstić information content (AvgIpc) is 4.29. The summed E-state index contributed by atoms with van der Waals surface area (Å²) < 4.78 is 0. The van der Waals surface area contributed by atoms with Crippen LogP contribution in [0, 0.1) is 0 Å². The molecule has 0 radical (unpaired) electrons. The average molecular weight is 1060 g/mol. The van der Waals surface area contributed by atoms with Crippen molar-refractivity contribution in [3.63, 3.8) is 0 Å². The fraction of sp³-hybridized carbons (Fsp3) is 0.722. The Labute approximate surface area is 491 Å². The molecule has 5 heterocycles. The fourth-order valence-corrected chi connectivity index (χ4v) is 13.1. The van der Waals surface area contributed by atoms with E-state index in [9.17, 15) is 0 Å². The van der Waals surface area contributed by atoms with Crippen LogP contribution in [0.2, 0.25) is 0 Å². The minimum absolute atomic E-state index is 0. The Morgan fingerprint density at radius 1 is 0.260 bits per heavy atom. The Balaban J connectivity index is 0.0000128. The van der Waals surface area contributed by atoms with E-state index >= 15 is 0 Å². The van der Waals surface area contributed by atoms with Crippen LogP contribution in [0.5, 0.6) is 0 Å². The number of rotatable bonds is 44. The second-order valence-corrected chi connectivity index (χ2v) is 24.1. The van der Waals surface area contributed by atoms with Gasteiger partial charge in [0.1, 0.15) is 0 Å². The first-order valence-corrected chi connectivity index (χ1v) is 33.5. The van der Waals surface area contributed by atoms with Crippen molar-refractivity contribution < 1.29 is 0 Å². The second kappa shape index (κ2) is 40.5. The maximum absolute atomic E-state index is 5.96. The summed E-state index contributed by atoms with van der Waals surface area (Å²) in [5.41, 5.74) is 14.9. The van der Waals surface area contributed by atoms with Gasteiger partial charge in [-0.1, -0.05) is 285 Å². The van der Waals surface area contributed by atoms with Crippen molar-refractivity contribution in [3.8, 4) is 0 Å². The molecule has 5 heteroatoms. The third kappa shape index (κ3) is 22.3. The van der Waals surface area contributed by atoms with Gasteiger partial charge >= 0.3 is 23.1 Å². The van der Waals surface area contributed by atoms with E-state index in [1.165, 1.54) is 324 Å². The second-order valence-electron chi connectivity index (χ2n) is 24.1. The minimum Gasteiger partial charge on any atom is -0.657 e. The van der Waals surface area contributed by atoms with Gasteiger partial charge in [0.2, 0.25) is 0 Å². The first kappa shape index (κ1) is 66.9. The largest absolute Gasteiger partial charge is 2.00 e. The maximum atomic E-state index is 5.96. The van der Waals surface area contributed by atoms with Gasteiger partial charge in [0.15, 0.2) is 0 Å². The molecule has 0 aromatic carbocycles. The van der Waals surface area contributed by atoms with Crippen LogP contribution in [0.4, 0.5) is 0 Å². The molecule has 0 unspecified atom stereocenters. The molecule has 2 aliphatic heterocycles. The van der Waals surface area contributed by atoms with Crippen LogP contribution in [0.15, 0.2) is 24.3 Å². The summed E-state index contributed by atoms with van der Waals surface area (Å²) in [6.45, 7) is 18.8. The number of aromatic nitrogens is 4. The third-order valence-electron chi connectivity index (χ3n) is 17.6. The SMILES string of the molecule is CCCCCCC(CCCCCC)c1c2nc(c(C(CCCCCC)CCCCCC)c3ccc([n-]3)c(C(CCCCCC)CCCCCC)c3nc(c(C(CCCCCC)CCCCCC)c4ccc1[n-]4)C=C3)C=C2.[Mg+2]. The van der Waals surface area contributed by atoms with Gasteiger partial charge in [0, 0.05) is 0 Å². The van der Waals surface area contributed by atoms with Gasteiger partial charge in [-0.15, -0.1) is 22.1 Å². The van der Waals surface area contributed by atoms with E-state index < -0.39 is 0 Å². The van der Waals surface area contributed by atoms with Crippen LogP contribution in [-0.2, 0) is 0 Å². The van der Waals surface area contributed by atoms with Gasteiger partial charge in [-0.2, -0.15) is 0 Å². The molecule has 0 amide bonds. The summed E-state index contributed by atoms with van der Waals surface area (Å²) in [6.07, 6.45) is 60.4. The van der Waals surface area contributed by atoms with Crippen molar-refractivity contribution in [2.75, 3.05) is 0 Å². The van der Waals surface area contributed by atoms with Gasteiger partial charge in [-0.25, -0.2) is 9.97 Å². The molecular weight excluding hydrogens is 945 g/mol. The van der Waals surface area contributed by atoms with Gasteiger partial charge in [-0.3, -0.25) is 0 Å². The summed E-state index contributed by atoms with van der Waals surface area (Å²) >= 11 is 0. The van der Waals surface area contributed by atoms with E-state index in [0.29, 0.717) is 23.7 Å². The summed E-state index contributed by atoms with van der Waals surface area (Å²) in [4.78, 5) is 23.8. The molecule has 4 nitrogen and oxygen atoms in total. The van der Waals surface area contributed by atoms with E-state index in [1.807, 2.05) is 0 Å². The first-order valence-electron chi connectivity index (χ1n) is 33.5. The molecule has 8 bridgehead atoms. The van der Waals surface area contributed by atoms with E-state index in [-0.39, 0.29) is 23.1 Å². The van der Waals surface area contributed by atoms with Crippen molar-refractivity contribution in [3.05, 3.63) is 69.3 Å². The monoisotopic (exact) mass is 1060 g/mol. The fourth-order valence-electron chi connectivity index (χ4n) is 13.1. The molecule has 0 fully saturated rings. The Morgan fingerprint density at radius 2 is 0.429 bits per heavy atom. The molecule has 3 aromatic rings. The Kier molecular flexibility index (Phi) is 35.2. The zero-order chi connectivity index (χ0) is 54.0. The van der Waals surface area contributed by atoms with Crippen molar-refractivity contribution >= 4 is 69.4 Å². The smallest absolute Gasteiger partial charge is 0.657 e. The molecule has 2 aliphatic rings. The van der Waals surface area contributed by atoms with Gasteiger partial charge < -0.3 is 9.97 Å². The van der Waals surface area contributed by atoms with E-state index in [2.05, 4.69) is 104 Å². The normalized spacial score (nSPS) is 12.4. The minimum atomic E-state index is 0. The summed E-state index contributed by atoms with van der Waals surface area (Å²) in [5.74, 6) is 1.66. The van der Waals surface area contributed by atoms with E-state index in [1.54, 1.807) is 0 Å². The number of hydrogen-bond donors (Lipinski definition) is 0. The molecule has 426 valence electrons. The molecule has 3 aromatic heterocycles. The van der Waals surface area contributed by atoms with Crippen LogP contribution < -0.4 is 9.97 Å². The van der Waals surface area contributed by atoms with Crippen LogP contribution in [0.25, 0.3) is 46.4 Å². The van der Waals surface area contributed by atoms with E-state index in [4.69, 9.17) is 19.9 Å². The van der Waals surface area contributed by atoms with Crippen LogP contribution in [0.3, 0.4) is 0 Å². The third-order valence-corrected chi connectivity index (χ3v) is 17.6. The molecule has 0 saturated heterocycles. The Morgan fingerprint density at radius 3 is 0.584 bits per heavy atom. The molecule has 0 aliphatic carbocycles. The van der Waals surface area contributed by atoms with E-state index in [0.717, 1.165) is 0 Å². The quantitative estimate of drug-likeness (QED) is 0.0288. The van der Waals surface area contributed by atoms with Crippen molar-refractivity contribution in [1.29, 1.82) is 0 Å². The summed E-state index contributed by atoms with van der Waals surface area (Å²) in [6, 6.07) is 9.71. The molecule has 5 rings (SSSR count). The number of fused-ring (bicyclic) bond motifs is 8. The molecule has 0 N–H and O–H groups in total. The zero-order valence-electron chi connectivity index (χ0n) is 51.7. The maximum Gasteiger partial charge on any atom is 2.00 e. The summed E-state index contributed by atoms with van der Waals surface area (Å²) in [5, 5.41) is 0. The number of hydrogen-bond acceptors (Lipinski definition) is 2. The van der Waals surface area contributed by atoms with Crippen molar-refractivity contribution in [2.45, 2.75) is 336 Å². The van der Waals surface area contributed by atoms with Crippen LogP contribution in [-0.4, -0.2) is 33.0 Å². The molecular formula is C72H116MgN4. The molecule has 77 heavy (non-hydrogen) atoms. The molecule has 0 atom stereocenters. The first-order chi connectivity index (χ1) is 37.5. The van der Waals surface area contributed by atoms with Crippen molar-refractivity contribution in [1.82, 2.24) is 19.9 Å². The van der Waals surface area contributed by atoms with Crippen LogP contribution >= 0.6 is 0 Å². The van der Waals surface area contributed by atoms with Gasteiger partial charge in [0.25, 0.3) is 0 Å². The number of nitrogens with zero attached hydrogens (tertiary/aromatic N) is 4. The Hall–Kier alpha value is -2.63. The Bertz CT molecular complexity index is 1890. The zero-order valence-corrected chi connectivity index (χ0v) is 53.1. The summed E-state index contributed by atoms with van der Waals surface area (Å²) in [7, 11) is 0. The number of unbranched alkanes of at least 4 members (excludes halogenated alkanes) is 24. The van der Waals surface area contributed by atoms with Gasteiger partial charge in [0.05, 0.1) is 22.8 Å². The predicted molar refractivity (Wildman–Crippen MR) is 344 cm³/mol. The van der Waals surface area contributed by atoms with Crippen LogP contribution in [0.1, 0.15) is 381 Å². The topological polar surface area (TPSA) is 54.0 Å². The van der Waals surface area contributed by atoms with Crippen molar-refractivity contribution in [2.24, 2.45) is 0 Å². The predicted octanol–water partition coefficient (Wildman–Crippen LogP) is 23.6. The standard InChI is InChI=1S/C72H116N4.Mg/c1-9-17-25-33-41-57(42-34-26-18-10-2)69-61-49-51-63(73-61)70(58(43-35-27-19-11-3)44-36-28-20-12-4)65-53-55-67(75-65)72(60(47-39-31-23-15-7)48-40-32-24-16-8)68-56-54-66(76-68)71(64-52-50-62(69)74-64)59(45-37-29-21-13-5)46-38-30-22-14-6;/h49-60H,9-48H2,1-8H3;/q-2;+2. The van der Waals surface area contributed by atoms with Gasteiger partial charge in [-0.05, 0) is 122 Å².